The van der Waals surface area contributed by atoms with Gasteiger partial charge in [-0.05, 0) is 18.1 Å². The van der Waals surface area contributed by atoms with Crippen LogP contribution >= 0.6 is 11.6 Å². The molecule has 0 aromatic heterocycles. The molecule has 1 heterocycles. The number of rotatable bonds is 4. The van der Waals surface area contributed by atoms with E-state index >= 15 is 0 Å². The first-order valence-electron chi connectivity index (χ1n) is 6.31. The van der Waals surface area contributed by atoms with E-state index in [-0.39, 0.29) is 24.0 Å². The Bertz CT molecular complexity index is 735. The lowest BCUT2D eigenvalue weighted by Crippen LogP contribution is -2.30. The molecular weight excluding hydrogens is 336 g/mol. The zero-order chi connectivity index (χ0) is 16.7. The molecule has 1 aliphatic heterocycles. The molecule has 0 radical (unpaired) electrons. The highest BCUT2D eigenvalue weighted by Gasteiger charge is 2.42. The lowest BCUT2D eigenvalue weighted by atomic mass is 9.99. The zero-order valence-corrected chi connectivity index (χ0v) is 13.0. The molecule has 0 spiro atoms. The van der Waals surface area contributed by atoms with E-state index in [9.17, 15) is 23.3 Å². The highest BCUT2D eigenvalue weighted by Crippen LogP contribution is 2.33. The van der Waals surface area contributed by atoms with Gasteiger partial charge in [-0.25, -0.2) is 8.42 Å². The quantitative estimate of drug-likeness (QED) is 0.652. The topological polar surface area (TPSA) is 118 Å². The van der Waals surface area contributed by atoms with E-state index in [1.54, 1.807) is 6.92 Å². The summed E-state index contributed by atoms with van der Waals surface area (Å²) >= 11 is 5.74. The van der Waals surface area contributed by atoms with Gasteiger partial charge in [0.15, 0.2) is 4.90 Å². The number of halogens is 1. The van der Waals surface area contributed by atoms with Gasteiger partial charge in [-0.1, -0.05) is 18.5 Å². The predicted octanol–water partition coefficient (Wildman–Crippen LogP) is 1.59. The molecule has 2 rings (SSSR count). The van der Waals surface area contributed by atoms with Gasteiger partial charge in [-0.3, -0.25) is 14.9 Å². The minimum absolute atomic E-state index is 0.0109. The third-order valence-electron chi connectivity index (χ3n) is 3.63. The summed E-state index contributed by atoms with van der Waals surface area (Å²) in [6.45, 7) is 1.39. The van der Waals surface area contributed by atoms with Crippen LogP contribution in [0.2, 0.25) is 5.02 Å². The van der Waals surface area contributed by atoms with Crippen molar-refractivity contribution >= 4 is 33.3 Å². The fourth-order valence-electron chi connectivity index (χ4n) is 2.42. The van der Waals surface area contributed by atoms with E-state index in [0.29, 0.717) is 0 Å². The van der Waals surface area contributed by atoms with Crippen LogP contribution in [0.15, 0.2) is 23.1 Å². The number of sulfonamides is 1. The van der Waals surface area contributed by atoms with Crippen molar-refractivity contribution in [1.82, 2.24) is 4.31 Å². The summed E-state index contributed by atoms with van der Waals surface area (Å²) in [5.74, 6) is -2.32. The molecule has 0 aliphatic carbocycles. The highest BCUT2D eigenvalue weighted by atomic mass is 35.5. The summed E-state index contributed by atoms with van der Waals surface area (Å²) in [6.07, 6.45) is 0. The van der Waals surface area contributed by atoms with Gasteiger partial charge >= 0.3 is 5.97 Å². The summed E-state index contributed by atoms with van der Waals surface area (Å²) in [5, 5.41) is 20.1. The SMILES string of the molecule is C[C@@H]1CN(S(=O)(=O)c2cc(Cl)ccc2[N+](=O)[O-])C[C@H]1C(=O)O. The van der Waals surface area contributed by atoms with Crippen LogP contribution in [-0.2, 0) is 14.8 Å². The van der Waals surface area contributed by atoms with Crippen LogP contribution in [0, 0.1) is 22.0 Å². The molecule has 0 saturated carbocycles. The number of nitro groups is 1. The number of carboxylic acids is 1. The maximum atomic E-state index is 12.6. The van der Waals surface area contributed by atoms with Gasteiger partial charge in [-0.15, -0.1) is 0 Å². The number of aliphatic carboxylic acids is 1. The van der Waals surface area contributed by atoms with E-state index < -0.39 is 37.4 Å². The van der Waals surface area contributed by atoms with E-state index in [2.05, 4.69) is 0 Å². The highest BCUT2D eigenvalue weighted by molar-refractivity contribution is 7.89. The van der Waals surface area contributed by atoms with Crippen LogP contribution in [0.1, 0.15) is 6.92 Å². The summed E-state index contributed by atoms with van der Waals surface area (Å²) < 4.78 is 26.1. The molecule has 0 amide bonds. The minimum atomic E-state index is -4.19. The molecule has 120 valence electrons. The van der Waals surface area contributed by atoms with E-state index in [1.807, 2.05) is 0 Å². The molecule has 8 nitrogen and oxygen atoms in total. The van der Waals surface area contributed by atoms with Crippen molar-refractivity contribution in [1.29, 1.82) is 0 Å². The molecule has 0 bridgehead atoms. The van der Waals surface area contributed by atoms with Gasteiger partial charge < -0.3 is 5.11 Å². The number of nitro benzene ring substituents is 1. The number of carbonyl (C=O) groups is 1. The number of hydrogen-bond acceptors (Lipinski definition) is 5. The first-order valence-corrected chi connectivity index (χ1v) is 8.13. The fourth-order valence-corrected chi connectivity index (χ4v) is 4.41. The van der Waals surface area contributed by atoms with Gasteiger partial charge in [-0.2, -0.15) is 4.31 Å². The fraction of sp³-hybridized carbons (Fsp3) is 0.417. The molecule has 1 saturated heterocycles. The molecule has 1 N–H and O–H groups in total. The van der Waals surface area contributed by atoms with Gasteiger partial charge in [0.25, 0.3) is 5.69 Å². The van der Waals surface area contributed by atoms with Crippen LogP contribution in [-0.4, -0.2) is 41.8 Å². The lowest BCUT2D eigenvalue weighted by Gasteiger charge is -2.16. The van der Waals surface area contributed by atoms with Gasteiger partial charge in [0, 0.05) is 24.2 Å². The molecule has 1 aliphatic rings. The smallest absolute Gasteiger partial charge is 0.308 e. The molecule has 1 aromatic rings. The van der Waals surface area contributed by atoms with Crippen LogP contribution in [0.4, 0.5) is 5.69 Å². The van der Waals surface area contributed by atoms with Crippen LogP contribution in [0.3, 0.4) is 0 Å². The second-order valence-corrected chi connectivity index (χ2v) is 7.46. The summed E-state index contributed by atoms with van der Waals surface area (Å²) in [6, 6.07) is 3.25. The lowest BCUT2D eigenvalue weighted by molar-refractivity contribution is -0.387. The summed E-state index contributed by atoms with van der Waals surface area (Å²) in [7, 11) is -4.19. The van der Waals surface area contributed by atoms with Crippen molar-refractivity contribution in [2.45, 2.75) is 11.8 Å². The normalized spacial score (nSPS) is 22.6. The molecule has 22 heavy (non-hydrogen) atoms. The van der Waals surface area contributed by atoms with Crippen molar-refractivity contribution < 1.29 is 23.2 Å². The Kier molecular flexibility index (Phi) is 4.41. The van der Waals surface area contributed by atoms with Gasteiger partial charge in [0.1, 0.15) is 0 Å². The summed E-state index contributed by atoms with van der Waals surface area (Å²) in [5.41, 5.74) is -0.587. The van der Waals surface area contributed by atoms with Crippen molar-refractivity contribution in [3.05, 3.63) is 33.3 Å². The van der Waals surface area contributed by atoms with Crippen LogP contribution in [0.5, 0.6) is 0 Å². The third kappa shape index (κ3) is 2.92. The van der Waals surface area contributed by atoms with Crippen molar-refractivity contribution in [3.8, 4) is 0 Å². The average molecular weight is 349 g/mol. The van der Waals surface area contributed by atoms with Crippen LogP contribution < -0.4 is 0 Å². The first-order chi connectivity index (χ1) is 10.1. The monoisotopic (exact) mass is 348 g/mol. The Balaban J connectivity index is 2.46. The number of benzene rings is 1. The Morgan fingerprint density at radius 3 is 2.59 bits per heavy atom. The van der Waals surface area contributed by atoms with E-state index in [4.69, 9.17) is 16.7 Å². The zero-order valence-electron chi connectivity index (χ0n) is 11.5. The number of nitrogens with zero attached hydrogens (tertiary/aromatic N) is 2. The maximum absolute atomic E-state index is 12.6. The standard InChI is InChI=1S/C12H13ClN2O6S/c1-7-5-14(6-9(7)12(16)17)22(20,21)11-4-8(13)2-3-10(11)15(18)19/h2-4,7,9H,5-6H2,1H3,(H,16,17)/t7-,9-/m1/s1. The average Bonchev–Trinajstić information content (AvgIpc) is 2.81. The molecule has 1 fully saturated rings. The second-order valence-electron chi connectivity index (χ2n) is 5.11. The van der Waals surface area contributed by atoms with Crippen molar-refractivity contribution in [3.63, 3.8) is 0 Å². The van der Waals surface area contributed by atoms with Crippen LogP contribution in [0.25, 0.3) is 0 Å². The molecule has 1 aromatic carbocycles. The first kappa shape index (κ1) is 16.7. The minimum Gasteiger partial charge on any atom is -0.481 e. The molecule has 2 atom stereocenters. The Morgan fingerprint density at radius 1 is 1.45 bits per heavy atom. The Morgan fingerprint density at radius 2 is 2.09 bits per heavy atom. The number of carboxylic acid groups (broad SMARTS) is 1. The third-order valence-corrected chi connectivity index (χ3v) is 5.73. The van der Waals surface area contributed by atoms with Crippen molar-refractivity contribution in [2.75, 3.05) is 13.1 Å². The van der Waals surface area contributed by atoms with Crippen molar-refractivity contribution in [2.24, 2.45) is 11.8 Å². The van der Waals surface area contributed by atoms with E-state index in [1.165, 1.54) is 6.07 Å². The molecule has 0 unspecified atom stereocenters. The molecule has 10 heteroatoms. The predicted molar refractivity (Wildman–Crippen MR) is 77.2 cm³/mol. The van der Waals surface area contributed by atoms with Gasteiger partial charge in [0.2, 0.25) is 10.0 Å². The van der Waals surface area contributed by atoms with Gasteiger partial charge in [0.05, 0.1) is 10.8 Å². The summed E-state index contributed by atoms with van der Waals surface area (Å²) in [4.78, 5) is 20.8. The second kappa shape index (κ2) is 5.82. The van der Waals surface area contributed by atoms with E-state index in [0.717, 1.165) is 16.4 Å². The largest absolute Gasteiger partial charge is 0.481 e. The number of hydrogen-bond donors (Lipinski definition) is 1. The maximum Gasteiger partial charge on any atom is 0.308 e. The Hall–Kier alpha value is -1.71. The Labute approximate surface area is 131 Å². The molecular formula is C12H13ClN2O6S.